The van der Waals surface area contributed by atoms with Crippen LogP contribution in [-0.2, 0) is 24.6 Å². The van der Waals surface area contributed by atoms with Crippen molar-refractivity contribution in [1.29, 1.82) is 0 Å². The number of hydrogen-bond donors (Lipinski definition) is 1. The number of hydrogen-bond acceptors (Lipinski definition) is 9. The molecule has 2 fully saturated rings. The topological polar surface area (TPSA) is 129 Å². The minimum atomic E-state index is -1.39. The number of carbonyl (C=O) groups is 4. The summed E-state index contributed by atoms with van der Waals surface area (Å²) in [6.07, 6.45) is 4.00. The Bertz CT molecular complexity index is 2600. The standard InChI is InChI=1S/C50H44N4O6/c1-4-60-43-27-31(15-26-42(43)55)46-37-24-25-38-45(49(59)54(48(38)58)36-22-18-34(19-23-36)52-51-33-16-20-35(21-17-33)53(2)3)40(37)28-41-47(57)39(30-11-7-5-8-12-30)29-44(56)50(41,46)32-13-9-6-10-14-32/h5-24,26-27,29,38,40-41,45-46,55H,4,25,28H2,1-3H3. The molecule has 9 rings (SSSR count). The van der Waals surface area contributed by atoms with Gasteiger partial charge in [-0.1, -0.05) is 78.4 Å². The second-order valence-electron chi connectivity index (χ2n) is 16.1. The van der Waals surface area contributed by atoms with Gasteiger partial charge in [-0.3, -0.25) is 24.1 Å². The number of ketones is 2. The molecule has 1 saturated heterocycles. The number of phenolic OH excluding ortho intramolecular Hbond substituents is 1. The molecule has 10 heteroatoms. The molecular formula is C50H44N4O6. The molecule has 1 saturated carbocycles. The van der Waals surface area contributed by atoms with E-state index in [0.717, 1.165) is 11.3 Å². The first-order valence-corrected chi connectivity index (χ1v) is 20.4. The maximum Gasteiger partial charge on any atom is 0.238 e. The largest absolute Gasteiger partial charge is 0.504 e. The van der Waals surface area contributed by atoms with E-state index >= 15 is 9.59 Å². The molecule has 5 aromatic rings. The highest BCUT2D eigenvalue weighted by molar-refractivity contribution is 6.32. The fourth-order valence-corrected chi connectivity index (χ4v) is 10.1. The van der Waals surface area contributed by atoms with Gasteiger partial charge in [0.25, 0.3) is 0 Å². The second-order valence-corrected chi connectivity index (χ2v) is 16.1. The van der Waals surface area contributed by atoms with Gasteiger partial charge in [-0.05, 0) is 109 Å². The highest BCUT2D eigenvalue weighted by Gasteiger charge is 2.66. The Morgan fingerprint density at radius 1 is 0.783 bits per heavy atom. The Kier molecular flexibility index (Phi) is 9.86. The first-order valence-electron chi connectivity index (χ1n) is 20.4. The molecule has 0 spiro atoms. The highest BCUT2D eigenvalue weighted by Crippen LogP contribution is 2.64. The first kappa shape index (κ1) is 38.6. The van der Waals surface area contributed by atoms with Crippen LogP contribution in [0.15, 0.2) is 155 Å². The summed E-state index contributed by atoms with van der Waals surface area (Å²) in [5.41, 5.74) is 4.50. The lowest BCUT2D eigenvalue weighted by atomic mass is 9.44. The molecule has 2 amide bonds. The fourth-order valence-electron chi connectivity index (χ4n) is 10.1. The van der Waals surface area contributed by atoms with E-state index in [2.05, 4.69) is 10.2 Å². The maximum absolute atomic E-state index is 15.3. The van der Waals surface area contributed by atoms with Crippen LogP contribution in [0.25, 0.3) is 5.57 Å². The lowest BCUT2D eigenvalue weighted by Gasteiger charge is -2.55. The van der Waals surface area contributed by atoms with Gasteiger partial charge in [0.2, 0.25) is 11.8 Å². The van der Waals surface area contributed by atoms with Crippen molar-refractivity contribution in [2.75, 3.05) is 30.5 Å². The van der Waals surface area contributed by atoms with Crippen molar-refractivity contribution in [2.24, 2.45) is 33.9 Å². The molecule has 60 heavy (non-hydrogen) atoms. The van der Waals surface area contributed by atoms with Crippen molar-refractivity contribution >= 4 is 51.7 Å². The summed E-state index contributed by atoms with van der Waals surface area (Å²) in [4.78, 5) is 63.0. The van der Waals surface area contributed by atoms with Crippen LogP contribution in [0.1, 0.15) is 42.4 Å². The number of Topliss-reactive ketones (excluding diaryl/α,β-unsaturated/α-hetero) is 1. The fraction of sp³-hybridized carbons (Fsp3) is 0.240. The van der Waals surface area contributed by atoms with Crippen LogP contribution in [0.4, 0.5) is 22.7 Å². The number of phenols is 1. The van der Waals surface area contributed by atoms with E-state index in [9.17, 15) is 14.7 Å². The first-order chi connectivity index (χ1) is 29.1. The van der Waals surface area contributed by atoms with E-state index in [1.165, 1.54) is 11.0 Å². The summed E-state index contributed by atoms with van der Waals surface area (Å²) in [5.74, 6) is -4.41. The Morgan fingerprint density at radius 2 is 1.43 bits per heavy atom. The van der Waals surface area contributed by atoms with E-state index in [1.54, 1.807) is 42.5 Å². The molecule has 1 aliphatic heterocycles. The number of ether oxygens (including phenoxy) is 1. The number of benzene rings is 5. The second kappa shape index (κ2) is 15.3. The Labute approximate surface area is 348 Å². The third kappa shape index (κ3) is 6.25. The van der Waals surface area contributed by atoms with E-state index in [0.29, 0.717) is 45.9 Å². The van der Waals surface area contributed by atoms with Crippen LogP contribution >= 0.6 is 0 Å². The summed E-state index contributed by atoms with van der Waals surface area (Å²) >= 11 is 0. The average molecular weight is 797 g/mol. The predicted octanol–water partition coefficient (Wildman–Crippen LogP) is 9.30. The number of rotatable bonds is 9. The number of carbonyl (C=O) groups excluding carboxylic acids is 4. The lowest BCUT2D eigenvalue weighted by molar-refractivity contribution is -0.135. The Morgan fingerprint density at radius 3 is 2.08 bits per heavy atom. The van der Waals surface area contributed by atoms with Crippen molar-refractivity contribution in [2.45, 2.75) is 31.1 Å². The minimum Gasteiger partial charge on any atom is -0.504 e. The molecule has 0 bridgehead atoms. The van der Waals surface area contributed by atoms with Gasteiger partial charge in [0.15, 0.2) is 23.1 Å². The number of imide groups is 1. The smallest absolute Gasteiger partial charge is 0.238 e. The van der Waals surface area contributed by atoms with Crippen molar-refractivity contribution in [1.82, 2.24) is 0 Å². The normalized spacial score (nSPS) is 24.7. The molecule has 300 valence electrons. The average Bonchev–Trinajstić information content (AvgIpc) is 3.53. The molecule has 6 unspecified atom stereocenters. The zero-order valence-electron chi connectivity index (χ0n) is 33.6. The highest BCUT2D eigenvalue weighted by atomic mass is 16.5. The van der Waals surface area contributed by atoms with Crippen LogP contribution in [0, 0.1) is 23.7 Å². The van der Waals surface area contributed by atoms with E-state index < -0.39 is 35.0 Å². The van der Waals surface area contributed by atoms with Crippen molar-refractivity contribution in [3.63, 3.8) is 0 Å². The maximum atomic E-state index is 15.3. The molecule has 0 aromatic heterocycles. The molecule has 6 atom stereocenters. The van der Waals surface area contributed by atoms with E-state index in [1.807, 2.05) is 117 Å². The minimum absolute atomic E-state index is 0.0494. The van der Waals surface area contributed by atoms with Crippen LogP contribution in [0.2, 0.25) is 0 Å². The van der Waals surface area contributed by atoms with Gasteiger partial charge < -0.3 is 14.7 Å². The molecule has 4 aliphatic rings. The Hall–Kier alpha value is -6.94. The van der Waals surface area contributed by atoms with Gasteiger partial charge in [0.05, 0.1) is 40.9 Å². The molecule has 0 radical (unpaired) electrons. The van der Waals surface area contributed by atoms with E-state index in [-0.39, 0.29) is 47.7 Å². The van der Waals surface area contributed by atoms with Crippen molar-refractivity contribution < 1.29 is 29.0 Å². The summed E-state index contributed by atoms with van der Waals surface area (Å²) in [5, 5.41) is 19.6. The molecule has 1 heterocycles. The van der Waals surface area contributed by atoms with Crippen molar-refractivity contribution in [3.8, 4) is 11.5 Å². The third-order valence-corrected chi connectivity index (χ3v) is 12.7. The number of fused-ring (bicyclic) bond motifs is 4. The molecule has 10 nitrogen and oxygen atoms in total. The SMILES string of the molecule is CCOc1cc(C2C3=CCC4C(=O)N(c5ccc(N=Nc6ccc(N(C)C)cc6)cc5)C(=O)C4C3CC3C(=O)C(c4ccccc4)=CC(=O)C32c2ccccc2)ccc1O. The van der Waals surface area contributed by atoms with Gasteiger partial charge in [0, 0.05) is 37.2 Å². The zero-order valence-corrected chi connectivity index (χ0v) is 33.6. The molecular weight excluding hydrogens is 753 g/mol. The van der Waals surface area contributed by atoms with Crippen LogP contribution in [-0.4, -0.2) is 49.2 Å². The van der Waals surface area contributed by atoms with Gasteiger partial charge in [-0.25, -0.2) is 0 Å². The number of allylic oxidation sites excluding steroid dienone is 4. The van der Waals surface area contributed by atoms with Crippen LogP contribution < -0.4 is 14.5 Å². The Balaban J connectivity index is 1.13. The monoisotopic (exact) mass is 796 g/mol. The summed E-state index contributed by atoms with van der Waals surface area (Å²) in [6.45, 7) is 2.12. The number of anilines is 2. The number of amides is 2. The van der Waals surface area contributed by atoms with E-state index in [4.69, 9.17) is 4.74 Å². The van der Waals surface area contributed by atoms with Gasteiger partial charge in [-0.15, -0.1) is 0 Å². The molecule has 5 aromatic carbocycles. The third-order valence-electron chi connectivity index (χ3n) is 12.7. The number of aromatic hydroxyl groups is 1. The molecule has 1 N–H and O–H groups in total. The van der Waals surface area contributed by atoms with Crippen LogP contribution in [0.5, 0.6) is 11.5 Å². The zero-order chi connectivity index (χ0) is 41.7. The lowest BCUT2D eigenvalue weighted by Crippen LogP contribution is -2.58. The number of nitrogens with zero attached hydrogens (tertiary/aromatic N) is 4. The number of azo groups is 1. The summed E-state index contributed by atoms with van der Waals surface area (Å²) in [7, 11) is 3.94. The van der Waals surface area contributed by atoms with Crippen molar-refractivity contribution in [3.05, 3.63) is 162 Å². The summed E-state index contributed by atoms with van der Waals surface area (Å²) < 4.78 is 5.87. The predicted molar refractivity (Wildman–Crippen MR) is 230 cm³/mol. The van der Waals surface area contributed by atoms with Gasteiger partial charge in [0.1, 0.15) is 0 Å². The van der Waals surface area contributed by atoms with Crippen LogP contribution in [0.3, 0.4) is 0 Å². The summed E-state index contributed by atoms with van der Waals surface area (Å²) in [6, 6.07) is 38.3. The van der Waals surface area contributed by atoms with Gasteiger partial charge in [-0.2, -0.15) is 10.2 Å². The quantitative estimate of drug-likeness (QED) is 0.0895. The molecule has 3 aliphatic carbocycles. The van der Waals surface area contributed by atoms with Gasteiger partial charge >= 0.3 is 0 Å².